The van der Waals surface area contributed by atoms with Gasteiger partial charge in [-0.25, -0.2) is 13.8 Å². The molecule has 0 saturated heterocycles. The van der Waals surface area contributed by atoms with Crippen LogP contribution in [0.5, 0.6) is 17.2 Å². The molecule has 0 spiro atoms. The first-order valence-electron chi connectivity index (χ1n) is 7.99. The second-order valence-electron chi connectivity index (χ2n) is 5.53. The predicted molar refractivity (Wildman–Crippen MR) is 102 cm³/mol. The maximum atomic E-state index is 13.9. The Balaban J connectivity index is 1.85. The van der Waals surface area contributed by atoms with E-state index in [9.17, 15) is 13.6 Å². The number of carbonyl (C=O) groups excluding carboxylic acids is 1. The van der Waals surface area contributed by atoms with E-state index < -0.39 is 17.5 Å². The third kappa shape index (κ3) is 3.89. The molecule has 9 heteroatoms. The number of nitrogens with zero attached hydrogens (tertiary/aromatic N) is 1. The van der Waals surface area contributed by atoms with Crippen LogP contribution in [-0.2, 0) is 0 Å². The van der Waals surface area contributed by atoms with Crippen LogP contribution in [0.25, 0.3) is 11.3 Å². The van der Waals surface area contributed by atoms with Crippen molar-refractivity contribution in [2.24, 2.45) is 0 Å². The second-order valence-corrected chi connectivity index (χ2v) is 6.39. The molecule has 0 aliphatic heterocycles. The zero-order valence-electron chi connectivity index (χ0n) is 15.2. The molecule has 3 rings (SSSR count). The van der Waals surface area contributed by atoms with Crippen molar-refractivity contribution in [3.05, 3.63) is 52.9 Å². The van der Waals surface area contributed by atoms with Crippen LogP contribution >= 0.6 is 11.3 Å². The Morgan fingerprint density at radius 3 is 2.29 bits per heavy atom. The molecule has 0 bridgehead atoms. The van der Waals surface area contributed by atoms with Gasteiger partial charge in [0.05, 0.1) is 27.0 Å². The highest BCUT2D eigenvalue weighted by Crippen LogP contribution is 2.38. The van der Waals surface area contributed by atoms with Gasteiger partial charge in [0.2, 0.25) is 5.75 Å². The first kappa shape index (κ1) is 19.6. The molecule has 2 aromatic carbocycles. The number of methoxy groups -OCH3 is 3. The molecule has 0 unspecified atom stereocenters. The van der Waals surface area contributed by atoms with E-state index in [1.807, 2.05) is 0 Å². The van der Waals surface area contributed by atoms with Crippen LogP contribution in [0.4, 0.5) is 13.9 Å². The first-order valence-corrected chi connectivity index (χ1v) is 8.87. The van der Waals surface area contributed by atoms with Crippen molar-refractivity contribution in [3.8, 4) is 28.5 Å². The van der Waals surface area contributed by atoms with Crippen molar-refractivity contribution < 1.29 is 27.8 Å². The molecule has 6 nitrogen and oxygen atoms in total. The summed E-state index contributed by atoms with van der Waals surface area (Å²) in [6.45, 7) is 0. The van der Waals surface area contributed by atoms with Crippen LogP contribution in [-0.4, -0.2) is 32.2 Å². The molecule has 1 N–H and O–H groups in total. The molecule has 1 aromatic heterocycles. The van der Waals surface area contributed by atoms with Crippen molar-refractivity contribution in [1.82, 2.24) is 4.98 Å². The Kier molecular flexibility index (Phi) is 5.74. The van der Waals surface area contributed by atoms with Crippen LogP contribution in [0, 0.1) is 11.6 Å². The van der Waals surface area contributed by atoms with E-state index in [2.05, 4.69) is 10.3 Å². The summed E-state index contributed by atoms with van der Waals surface area (Å²) in [5.74, 6) is -0.828. The SMILES string of the molecule is COc1cc(C(=O)Nc2nc(-c3ccc(F)cc3F)cs2)cc(OC)c1OC. The summed E-state index contributed by atoms with van der Waals surface area (Å²) in [7, 11) is 4.36. The van der Waals surface area contributed by atoms with E-state index in [0.29, 0.717) is 22.9 Å². The van der Waals surface area contributed by atoms with E-state index in [-0.39, 0.29) is 16.3 Å². The Morgan fingerprint density at radius 2 is 1.71 bits per heavy atom. The van der Waals surface area contributed by atoms with Crippen LogP contribution in [0.3, 0.4) is 0 Å². The van der Waals surface area contributed by atoms with E-state index in [1.54, 1.807) is 5.38 Å². The summed E-state index contributed by atoms with van der Waals surface area (Å²) >= 11 is 1.12. The van der Waals surface area contributed by atoms with Crippen molar-refractivity contribution in [3.63, 3.8) is 0 Å². The van der Waals surface area contributed by atoms with Gasteiger partial charge in [0.1, 0.15) is 11.6 Å². The minimum atomic E-state index is -0.729. The van der Waals surface area contributed by atoms with Gasteiger partial charge in [0.25, 0.3) is 5.91 Å². The number of hydrogen-bond donors (Lipinski definition) is 1. The summed E-state index contributed by atoms with van der Waals surface area (Å²) in [4.78, 5) is 16.8. The normalized spacial score (nSPS) is 10.5. The summed E-state index contributed by atoms with van der Waals surface area (Å²) in [5, 5.41) is 4.47. The number of hydrogen-bond acceptors (Lipinski definition) is 6. The molecule has 1 heterocycles. The fourth-order valence-electron chi connectivity index (χ4n) is 2.53. The van der Waals surface area contributed by atoms with Crippen molar-refractivity contribution in [1.29, 1.82) is 0 Å². The third-order valence-corrected chi connectivity index (χ3v) is 4.62. The maximum absolute atomic E-state index is 13.9. The lowest BCUT2D eigenvalue weighted by Gasteiger charge is -2.13. The van der Waals surface area contributed by atoms with Crippen molar-refractivity contribution >= 4 is 22.4 Å². The second kappa shape index (κ2) is 8.22. The first-order chi connectivity index (χ1) is 13.5. The minimum Gasteiger partial charge on any atom is -0.493 e. The number of rotatable bonds is 6. The van der Waals surface area contributed by atoms with Crippen LogP contribution < -0.4 is 19.5 Å². The molecular formula is C19H16F2N2O4S. The number of nitrogens with one attached hydrogen (secondary N) is 1. The fourth-order valence-corrected chi connectivity index (χ4v) is 3.24. The van der Waals surface area contributed by atoms with E-state index >= 15 is 0 Å². The number of halogens is 2. The largest absolute Gasteiger partial charge is 0.493 e. The number of anilines is 1. The van der Waals surface area contributed by atoms with E-state index in [0.717, 1.165) is 23.5 Å². The van der Waals surface area contributed by atoms with Crippen LogP contribution in [0.15, 0.2) is 35.7 Å². The number of thiazole rings is 1. The van der Waals surface area contributed by atoms with Crippen molar-refractivity contribution in [2.45, 2.75) is 0 Å². The van der Waals surface area contributed by atoms with E-state index in [4.69, 9.17) is 14.2 Å². The standard InChI is InChI=1S/C19H16F2N2O4S/c1-25-15-6-10(7-16(26-2)17(15)27-3)18(24)23-19-22-14(9-28-19)12-5-4-11(20)8-13(12)21/h4-9H,1-3H3,(H,22,23,24). The average Bonchev–Trinajstić information content (AvgIpc) is 3.14. The van der Waals surface area contributed by atoms with E-state index in [1.165, 1.54) is 39.5 Å². The third-order valence-electron chi connectivity index (χ3n) is 3.86. The Bertz CT molecular complexity index is 998. The highest BCUT2D eigenvalue weighted by molar-refractivity contribution is 7.14. The van der Waals surface area contributed by atoms with Gasteiger partial charge in [0.15, 0.2) is 16.6 Å². The monoisotopic (exact) mass is 406 g/mol. The molecule has 0 saturated carbocycles. The van der Waals surface area contributed by atoms with Gasteiger partial charge in [0, 0.05) is 22.6 Å². The summed E-state index contributed by atoms with van der Waals surface area (Å²) in [5.41, 5.74) is 0.702. The molecule has 3 aromatic rings. The Labute approximate surface area is 163 Å². The topological polar surface area (TPSA) is 69.7 Å². The lowest BCUT2D eigenvalue weighted by atomic mass is 10.1. The zero-order chi connectivity index (χ0) is 20.3. The van der Waals surface area contributed by atoms with Gasteiger partial charge < -0.3 is 14.2 Å². The minimum absolute atomic E-state index is 0.144. The predicted octanol–water partition coefficient (Wildman–Crippen LogP) is 4.37. The smallest absolute Gasteiger partial charge is 0.257 e. The quantitative estimate of drug-likeness (QED) is 0.659. The Hall–Kier alpha value is -3.20. The molecule has 0 aliphatic rings. The summed E-state index contributed by atoms with van der Waals surface area (Å²) in [6, 6.07) is 6.23. The average molecular weight is 406 g/mol. The van der Waals surface area contributed by atoms with Crippen molar-refractivity contribution in [2.75, 3.05) is 26.6 Å². The van der Waals surface area contributed by atoms with Gasteiger partial charge >= 0.3 is 0 Å². The van der Waals surface area contributed by atoms with Gasteiger partial charge in [-0.2, -0.15) is 0 Å². The lowest BCUT2D eigenvalue weighted by molar-refractivity contribution is 0.102. The number of benzene rings is 2. The number of aromatic nitrogens is 1. The molecule has 146 valence electrons. The Morgan fingerprint density at radius 1 is 1.04 bits per heavy atom. The highest BCUT2D eigenvalue weighted by atomic mass is 32.1. The molecule has 1 amide bonds. The number of ether oxygens (including phenoxy) is 3. The lowest BCUT2D eigenvalue weighted by Crippen LogP contribution is -2.12. The maximum Gasteiger partial charge on any atom is 0.257 e. The molecular weight excluding hydrogens is 390 g/mol. The molecule has 28 heavy (non-hydrogen) atoms. The molecule has 0 fully saturated rings. The van der Waals surface area contributed by atoms with Gasteiger partial charge in [-0.05, 0) is 24.3 Å². The number of amides is 1. The van der Waals surface area contributed by atoms with Gasteiger partial charge in [-0.15, -0.1) is 11.3 Å². The summed E-state index contributed by atoms with van der Waals surface area (Å²) < 4.78 is 42.7. The van der Waals surface area contributed by atoms with Gasteiger partial charge in [-0.3, -0.25) is 10.1 Å². The van der Waals surface area contributed by atoms with Crippen LogP contribution in [0.1, 0.15) is 10.4 Å². The number of carbonyl (C=O) groups is 1. The highest BCUT2D eigenvalue weighted by Gasteiger charge is 2.18. The fraction of sp³-hybridized carbons (Fsp3) is 0.158. The zero-order valence-corrected chi connectivity index (χ0v) is 16.0. The molecule has 0 atom stereocenters. The van der Waals surface area contributed by atoms with Crippen LogP contribution in [0.2, 0.25) is 0 Å². The molecule has 0 radical (unpaired) electrons. The summed E-state index contributed by atoms with van der Waals surface area (Å²) in [6.07, 6.45) is 0. The van der Waals surface area contributed by atoms with Gasteiger partial charge in [-0.1, -0.05) is 0 Å². The molecule has 0 aliphatic carbocycles.